The van der Waals surface area contributed by atoms with Gasteiger partial charge in [-0.3, -0.25) is 0 Å². The third-order valence-electron chi connectivity index (χ3n) is 2.53. The maximum Gasteiger partial charge on any atom is 0.233 e. The van der Waals surface area contributed by atoms with E-state index in [0.717, 1.165) is 19.4 Å². The second kappa shape index (κ2) is 6.60. The number of nitrogens with one attached hydrogen (secondary N) is 1. The van der Waals surface area contributed by atoms with Crippen molar-refractivity contribution in [3.8, 4) is 0 Å². The first-order chi connectivity index (χ1) is 7.67. The van der Waals surface area contributed by atoms with Crippen LogP contribution in [0.1, 0.15) is 45.0 Å². The molecule has 0 aliphatic rings. The predicted molar refractivity (Wildman–Crippen MR) is 61.2 cm³/mol. The van der Waals surface area contributed by atoms with Crippen LogP contribution >= 0.6 is 0 Å². The topological polar surface area (TPSA) is 60.2 Å². The van der Waals surface area contributed by atoms with E-state index in [4.69, 9.17) is 9.15 Å². The molecule has 1 heterocycles. The van der Waals surface area contributed by atoms with Crippen LogP contribution in [0.3, 0.4) is 0 Å². The Morgan fingerprint density at radius 1 is 1.38 bits per heavy atom. The summed E-state index contributed by atoms with van der Waals surface area (Å²) in [6.45, 7) is 6.98. The van der Waals surface area contributed by atoms with Crippen LogP contribution in [0.4, 0.5) is 0 Å². The lowest BCUT2D eigenvalue weighted by atomic mass is 10.2. The van der Waals surface area contributed by atoms with E-state index in [1.807, 2.05) is 20.8 Å². The summed E-state index contributed by atoms with van der Waals surface area (Å²) in [4.78, 5) is 0. The van der Waals surface area contributed by atoms with E-state index in [9.17, 15) is 0 Å². The molecule has 0 saturated carbocycles. The van der Waals surface area contributed by atoms with Gasteiger partial charge in [-0.05, 0) is 26.8 Å². The lowest BCUT2D eigenvalue weighted by Gasteiger charge is -2.07. The van der Waals surface area contributed by atoms with Crippen LogP contribution in [-0.4, -0.2) is 30.0 Å². The van der Waals surface area contributed by atoms with Gasteiger partial charge in [0.05, 0.1) is 12.1 Å². The fraction of sp³-hybridized carbons (Fsp3) is 0.818. The fourth-order valence-electron chi connectivity index (χ4n) is 1.38. The molecule has 1 aromatic rings. The molecule has 0 fully saturated rings. The third kappa shape index (κ3) is 3.90. The Bertz CT molecular complexity index is 301. The van der Waals surface area contributed by atoms with Crippen LogP contribution in [0.2, 0.25) is 0 Å². The molecule has 5 heteroatoms. The highest BCUT2D eigenvalue weighted by Crippen LogP contribution is 2.12. The Kier molecular flexibility index (Phi) is 5.42. The van der Waals surface area contributed by atoms with Crippen LogP contribution in [0, 0.1) is 0 Å². The monoisotopic (exact) mass is 227 g/mol. The minimum absolute atomic E-state index is 0.117. The summed E-state index contributed by atoms with van der Waals surface area (Å²) in [5.74, 6) is 1.34. The van der Waals surface area contributed by atoms with Gasteiger partial charge in [0.15, 0.2) is 0 Å². The van der Waals surface area contributed by atoms with Gasteiger partial charge in [-0.2, -0.15) is 0 Å². The molecule has 92 valence electrons. The number of hydrogen-bond acceptors (Lipinski definition) is 5. The van der Waals surface area contributed by atoms with Gasteiger partial charge in [-0.1, -0.05) is 6.92 Å². The summed E-state index contributed by atoms with van der Waals surface area (Å²) in [6.07, 6.45) is 1.88. The van der Waals surface area contributed by atoms with E-state index < -0.39 is 0 Å². The van der Waals surface area contributed by atoms with Gasteiger partial charge < -0.3 is 14.5 Å². The van der Waals surface area contributed by atoms with Crippen molar-refractivity contribution in [3.63, 3.8) is 0 Å². The first kappa shape index (κ1) is 13.1. The molecule has 0 bridgehead atoms. The zero-order valence-electron chi connectivity index (χ0n) is 10.5. The normalized spacial score (nSPS) is 15.0. The quantitative estimate of drug-likeness (QED) is 0.768. The number of hydrogen-bond donors (Lipinski definition) is 1. The maximum absolute atomic E-state index is 5.55. The SMILES string of the molecule is CCNC(C)c1nnc(CCC(C)OC)o1. The van der Waals surface area contributed by atoms with Crippen molar-refractivity contribution in [2.75, 3.05) is 13.7 Å². The Morgan fingerprint density at radius 2 is 2.12 bits per heavy atom. The van der Waals surface area contributed by atoms with Crippen LogP contribution in [0.15, 0.2) is 4.42 Å². The lowest BCUT2D eigenvalue weighted by molar-refractivity contribution is 0.109. The molecule has 2 unspecified atom stereocenters. The smallest absolute Gasteiger partial charge is 0.233 e. The van der Waals surface area contributed by atoms with Crippen LogP contribution in [0.5, 0.6) is 0 Å². The van der Waals surface area contributed by atoms with E-state index >= 15 is 0 Å². The Morgan fingerprint density at radius 3 is 2.75 bits per heavy atom. The molecule has 16 heavy (non-hydrogen) atoms. The lowest BCUT2D eigenvalue weighted by Crippen LogP contribution is -2.17. The van der Waals surface area contributed by atoms with Gasteiger partial charge in [-0.15, -0.1) is 10.2 Å². The van der Waals surface area contributed by atoms with Crippen LogP contribution in [0.25, 0.3) is 0 Å². The van der Waals surface area contributed by atoms with Gasteiger partial charge in [0.25, 0.3) is 0 Å². The average molecular weight is 227 g/mol. The zero-order chi connectivity index (χ0) is 12.0. The van der Waals surface area contributed by atoms with Crippen molar-refractivity contribution < 1.29 is 9.15 Å². The summed E-state index contributed by atoms with van der Waals surface area (Å²) >= 11 is 0. The largest absolute Gasteiger partial charge is 0.424 e. The first-order valence-electron chi connectivity index (χ1n) is 5.75. The zero-order valence-corrected chi connectivity index (χ0v) is 10.5. The molecule has 0 amide bonds. The molecule has 2 atom stereocenters. The van der Waals surface area contributed by atoms with Crippen molar-refractivity contribution in [2.45, 2.75) is 45.8 Å². The molecule has 1 aromatic heterocycles. The van der Waals surface area contributed by atoms with Crippen molar-refractivity contribution in [3.05, 3.63) is 11.8 Å². The molecular formula is C11H21N3O2. The highest BCUT2D eigenvalue weighted by atomic mass is 16.5. The van der Waals surface area contributed by atoms with E-state index in [0.29, 0.717) is 11.8 Å². The summed E-state index contributed by atoms with van der Waals surface area (Å²) in [6, 6.07) is 0.117. The van der Waals surface area contributed by atoms with Crippen LogP contribution < -0.4 is 5.32 Å². The fourth-order valence-corrected chi connectivity index (χ4v) is 1.38. The number of aromatic nitrogens is 2. The predicted octanol–water partition coefficient (Wildman–Crippen LogP) is 1.71. The Hall–Kier alpha value is -0.940. The molecule has 0 aromatic carbocycles. The van der Waals surface area contributed by atoms with Gasteiger partial charge in [-0.25, -0.2) is 0 Å². The van der Waals surface area contributed by atoms with Gasteiger partial charge in [0.2, 0.25) is 11.8 Å². The summed E-state index contributed by atoms with van der Waals surface area (Å²) in [7, 11) is 1.71. The minimum atomic E-state index is 0.117. The second-order valence-corrected chi connectivity index (χ2v) is 3.90. The highest BCUT2D eigenvalue weighted by Gasteiger charge is 2.13. The number of methoxy groups -OCH3 is 1. The molecule has 0 aliphatic carbocycles. The van der Waals surface area contributed by atoms with Crippen LogP contribution in [-0.2, 0) is 11.2 Å². The van der Waals surface area contributed by atoms with E-state index in [2.05, 4.69) is 15.5 Å². The van der Waals surface area contributed by atoms with Crippen molar-refractivity contribution >= 4 is 0 Å². The van der Waals surface area contributed by atoms with Crippen molar-refractivity contribution in [1.82, 2.24) is 15.5 Å². The molecular weight excluding hydrogens is 206 g/mol. The highest BCUT2D eigenvalue weighted by molar-refractivity contribution is 4.88. The minimum Gasteiger partial charge on any atom is -0.424 e. The Balaban J connectivity index is 2.45. The molecule has 0 spiro atoms. The van der Waals surface area contributed by atoms with Gasteiger partial charge in [0.1, 0.15) is 0 Å². The molecule has 0 saturated heterocycles. The standard InChI is InChI=1S/C11H21N3O2/c1-5-12-9(3)11-14-13-10(16-11)7-6-8(2)15-4/h8-9,12H,5-7H2,1-4H3. The number of aryl methyl sites for hydroxylation is 1. The molecule has 0 radical (unpaired) electrons. The molecule has 1 rings (SSSR count). The summed E-state index contributed by atoms with van der Waals surface area (Å²) < 4.78 is 10.7. The second-order valence-electron chi connectivity index (χ2n) is 3.90. The number of ether oxygens (including phenoxy) is 1. The number of nitrogens with zero attached hydrogens (tertiary/aromatic N) is 2. The van der Waals surface area contributed by atoms with E-state index in [-0.39, 0.29) is 12.1 Å². The summed E-state index contributed by atoms with van der Waals surface area (Å²) in [5.41, 5.74) is 0. The van der Waals surface area contributed by atoms with Gasteiger partial charge in [0, 0.05) is 13.5 Å². The van der Waals surface area contributed by atoms with E-state index in [1.54, 1.807) is 7.11 Å². The number of rotatable bonds is 7. The van der Waals surface area contributed by atoms with Gasteiger partial charge >= 0.3 is 0 Å². The maximum atomic E-state index is 5.55. The summed E-state index contributed by atoms with van der Waals surface area (Å²) in [5, 5.41) is 11.3. The Labute approximate surface area is 96.6 Å². The van der Waals surface area contributed by atoms with Crippen molar-refractivity contribution in [1.29, 1.82) is 0 Å². The first-order valence-corrected chi connectivity index (χ1v) is 5.75. The van der Waals surface area contributed by atoms with E-state index in [1.165, 1.54) is 0 Å². The molecule has 0 aliphatic heterocycles. The van der Waals surface area contributed by atoms with Crippen molar-refractivity contribution in [2.24, 2.45) is 0 Å². The average Bonchev–Trinajstić information content (AvgIpc) is 2.75. The third-order valence-corrected chi connectivity index (χ3v) is 2.53. The molecule has 1 N–H and O–H groups in total. The molecule has 5 nitrogen and oxygen atoms in total.